The van der Waals surface area contributed by atoms with Crippen molar-refractivity contribution < 1.29 is 17.9 Å². The van der Waals surface area contributed by atoms with E-state index in [0.717, 1.165) is 5.56 Å². The summed E-state index contributed by atoms with van der Waals surface area (Å²) in [6, 6.07) is 15.6. The van der Waals surface area contributed by atoms with Crippen molar-refractivity contribution in [3.63, 3.8) is 0 Å². The first-order chi connectivity index (χ1) is 11.4. The van der Waals surface area contributed by atoms with E-state index in [1.807, 2.05) is 37.3 Å². The van der Waals surface area contributed by atoms with Gasteiger partial charge in [-0.2, -0.15) is 0 Å². The molecule has 0 saturated carbocycles. The van der Waals surface area contributed by atoms with E-state index in [-0.39, 0.29) is 11.8 Å². The molecule has 5 nitrogen and oxygen atoms in total. The van der Waals surface area contributed by atoms with Crippen LogP contribution in [0, 0.1) is 0 Å². The summed E-state index contributed by atoms with van der Waals surface area (Å²) in [5.41, 5.74) is 1.94. The highest BCUT2D eigenvalue weighted by atomic mass is 32.2. The molecular weight excluding hydrogens is 326 g/mol. The molecule has 0 spiro atoms. The Morgan fingerprint density at radius 2 is 1.71 bits per heavy atom. The van der Waals surface area contributed by atoms with Gasteiger partial charge in [-0.1, -0.05) is 49.4 Å². The lowest BCUT2D eigenvalue weighted by Crippen LogP contribution is -2.29. The second kappa shape index (κ2) is 8.08. The number of esters is 1. The summed E-state index contributed by atoms with van der Waals surface area (Å²) < 4.78 is 32.2. The summed E-state index contributed by atoms with van der Waals surface area (Å²) in [5.74, 6) is -0.588. The fourth-order valence-corrected chi connectivity index (χ4v) is 3.86. The highest BCUT2D eigenvalue weighted by Crippen LogP contribution is 2.18. The number of carbonyl (C=O) groups is 1. The van der Waals surface area contributed by atoms with Crippen LogP contribution in [-0.2, 0) is 20.5 Å². The lowest BCUT2D eigenvalue weighted by Gasteiger charge is -2.17. The molecule has 2 aromatic carbocycles. The first-order valence-electron chi connectivity index (χ1n) is 7.67. The van der Waals surface area contributed by atoms with Crippen LogP contribution in [0.5, 0.6) is 0 Å². The van der Waals surface area contributed by atoms with Gasteiger partial charge in [0.05, 0.1) is 18.4 Å². The van der Waals surface area contributed by atoms with E-state index in [9.17, 15) is 13.2 Å². The van der Waals surface area contributed by atoms with Gasteiger partial charge < -0.3 is 4.74 Å². The third-order valence-corrected chi connectivity index (χ3v) is 5.02. The quantitative estimate of drug-likeness (QED) is 0.782. The van der Waals surface area contributed by atoms with Gasteiger partial charge in [-0.25, -0.2) is 17.9 Å². The molecule has 0 unspecified atom stereocenters. The molecule has 0 aliphatic heterocycles. The third kappa shape index (κ3) is 4.91. The van der Waals surface area contributed by atoms with Crippen molar-refractivity contribution in [2.45, 2.75) is 25.1 Å². The van der Waals surface area contributed by atoms with E-state index in [1.165, 1.54) is 7.11 Å². The zero-order chi connectivity index (χ0) is 17.6. The lowest BCUT2D eigenvalue weighted by molar-refractivity contribution is 0.0600. The molecule has 0 radical (unpaired) electrons. The minimum absolute atomic E-state index is 0.141. The Labute approximate surface area is 142 Å². The Bertz CT molecular complexity index is 770. The number of nitrogens with one attached hydrogen (secondary N) is 1. The van der Waals surface area contributed by atoms with Crippen LogP contribution in [0.3, 0.4) is 0 Å². The number of rotatable bonds is 7. The van der Waals surface area contributed by atoms with Gasteiger partial charge >= 0.3 is 5.97 Å². The first-order valence-corrected chi connectivity index (χ1v) is 9.32. The largest absolute Gasteiger partial charge is 0.465 e. The van der Waals surface area contributed by atoms with Crippen molar-refractivity contribution in [2.24, 2.45) is 0 Å². The third-order valence-electron chi connectivity index (χ3n) is 3.66. The summed E-state index contributed by atoms with van der Waals surface area (Å²) in [6.45, 7) is 1.94. The SMILES string of the molecule is CC[C@H](NS(=O)(=O)Cc1ccc(C(=O)OC)cc1)c1ccccc1. The molecule has 0 aliphatic carbocycles. The van der Waals surface area contributed by atoms with Crippen LogP contribution < -0.4 is 4.72 Å². The number of carbonyl (C=O) groups excluding carboxylic acids is 1. The Hall–Kier alpha value is -2.18. The Kier molecular flexibility index (Phi) is 6.11. The fourth-order valence-electron chi connectivity index (χ4n) is 2.41. The molecule has 24 heavy (non-hydrogen) atoms. The van der Waals surface area contributed by atoms with Crippen molar-refractivity contribution in [1.29, 1.82) is 0 Å². The maximum atomic E-state index is 12.4. The van der Waals surface area contributed by atoms with E-state index in [2.05, 4.69) is 9.46 Å². The van der Waals surface area contributed by atoms with Crippen LogP contribution in [0.4, 0.5) is 0 Å². The van der Waals surface area contributed by atoms with Gasteiger partial charge in [-0.15, -0.1) is 0 Å². The molecule has 1 N–H and O–H groups in total. The number of hydrogen-bond acceptors (Lipinski definition) is 4. The van der Waals surface area contributed by atoms with Gasteiger partial charge in [0.1, 0.15) is 0 Å². The predicted molar refractivity (Wildman–Crippen MR) is 93.0 cm³/mol. The standard InChI is InChI=1S/C18H21NO4S/c1-3-17(15-7-5-4-6-8-15)19-24(21,22)13-14-9-11-16(12-10-14)18(20)23-2/h4-12,17,19H,3,13H2,1-2H3/t17-/m0/s1. The minimum Gasteiger partial charge on any atom is -0.465 e. The Balaban J connectivity index is 2.09. The first kappa shape index (κ1) is 18.2. The second-order valence-corrected chi connectivity index (χ2v) is 7.19. The summed E-state index contributed by atoms with van der Waals surface area (Å²) in [4.78, 5) is 11.4. The van der Waals surface area contributed by atoms with E-state index >= 15 is 0 Å². The molecule has 0 fully saturated rings. The van der Waals surface area contributed by atoms with Crippen LogP contribution >= 0.6 is 0 Å². The van der Waals surface area contributed by atoms with Gasteiger partial charge in [0, 0.05) is 6.04 Å². The maximum Gasteiger partial charge on any atom is 0.337 e. The number of methoxy groups -OCH3 is 1. The van der Waals surface area contributed by atoms with Crippen molar-refractivity contribution >= 4 is 16.0 Å². The Morgan fingerprint density at radius 1 is 1.08 bits per heavy atom. The summed E-state index contributed by atoms with van der Waals surface area (Å²) in [6.07, 6.45) is 0.657. The zero-order valence-corrected chi connectivity index (χ0v) is 14.5. The van der Waals surface area contributed by atoms with E-state index in [1.54, 1.807) is 24.3 Å². The highest BCUT2D eigenvalue weighted by molar-refractivity contribution is 7.88. The highest BCUT2D eigenvalue weighted by Gasteiger charge is 2.18. The average Bonchev–Trinajstić information content (AvgIpc) is 2.60. The van der Waals surface area contributed by atoms with Crippen LogP contribution in [0.25, 0.3) is 0 Å². The molecule has 0 amide bonds. The summed E-state index contributed by atoms with van der Waals surface area (Å²) in [5, 5.41) is 0. The molecule has 6 heteroatoms. The fraction of sp³-hybridized carbons (Fsp3) is 0.278. The van der Waals surface area contributed by atoms with Gasteiger partial charge in [0.25, 0.3) is 0 Å². The molecule has 1 atom stereocenters. The molecule has 2 aromatic rings. The normalized spacial score (nSPS) is 12.6. The maximum absolute atomic E-state index is 12.4. The summed E-state index contributed by atoms with van der Waals surface area (Å²) in [7, 11) is -2.19. The number of hydrogen-bond donors (Lipinski definition) is 1. The van der Waals surface area contributed by atoms with Crippen LogP contribution in [-0.4, -0.2) is 21.5 Å². The summed E-state index contributed by atoms with van der Waals surface area (Å²) >= 11 is 0. The predicted octanol–water partition coefficient (Wildman–Crippen LogP) is 3.04. The van der Waals surface area contributed by atoms with E-state index in [4.69, 9.17) is 0 Å². The van der Waals surface area contributed by atoms with Crippen molar-refractivity contribution in [2.75, 3.05) is 7.11 Å². The molecule has 0 saturated heterocycles. The number of sulfonamides is 1. The molecule has 2 rings (SSSR count). The van der Waals surface area contributed by atoms with Gasteiger partial charge in [0.2, 0.25) is 10.0 Å². The second-order valence-electron chi connectivity index (χ2n) is 5.44. The van der Waals surface area contributed by atoms with E-state index in [0.29, 0.717) is 17.5 Å². The van der Waals surface area contributed by atoms with Gasteiger partial charge in [-0.3, -0.25) is 0 Å². The molecular formula is C18H21NO4S. The van der Waals surface area contributed by atoms with Crippen molar-refractivity contribution in [1.82, 2.24) is 4.72 Å². The van der Waals surface area contributed by atoms with Gasteiger partial charge in [0.15, 0.2) is 0 Å². The van der Waals surface area contributed by atoms with Crippen LogP contribution in [0.2, 0.25) is 0 Å². The molecule has 0 aliphatic rings. The molecule has 128 valence electrons. The topological polar surface area (TPSA) is 72.5 Å². The van der Waals surface area contributed by atoms with Crippen LogP contribution in [0.1, 0.15) is 40.9 Å². The number of benzene rings is 2. The average molecular weight is 347 g/mol. The molecule has 0 aromatic heterocycles. The molecule has 0 heterocycles. The Morgan fingerprint density at radius 3 is 2.25 bits per heavy atom. The zero-order valence-electron chi connectivity index (χ0n) is 13.7. The van der Waals surface area contributed by atoms with E-state index < -0.39 is 16.0 Å². The smallest absolute Gasteiger partial charge is 0.337 e. The monoisotopic (exact) mass is 347 g/mol. The van der Waals surface area contributed by atoms with Crippen LogP contribution in [0.15, 0.2) is 54.6 Å². The lowest BCUT2D eigenvalue weighted by atomic mass is 10.1. The van der Waals surface area contributed by atoms with Crippen molar-refractivity contribution in [3.8, 4) is 0 Å². The van der Waals surface area contributed by atoms with Gasteiger partial charge in [-0.05, 0) is 29.7 Å². The number of ether oxygens (including phenoxy) is 1. The molecule has 0 bridgehead atoms. The van der Waals surface area contributed by atoms with Crippen molar-refractivity contribution in [3.05, 3.63) is 71.3 Å². The minimum atomic E-state index is -3.50.